The molecule has 11 heteroatoms. The Hall–Kier alpha value is -3.86. The quantitative estimate of drug-likeness (QED) is 0.412. The number of H-pyrrole nitrogens is 1. The lowest BCUT2D eigenvalue weighted by atomic mass is 9.93. The molecule has 1 fully saturated rings. The molecule has 1 aliphatic heterocycles. The summed E-state index contributed by atoms with van der Waals surface area (Å²) in [4.78, 5) is 31.4. The first-order chi connectivity index (χ1) is 17.1. The molecule has 1 amide bonds. The van der Waals surface area contributed by atoms with Gasteiger partial charge in [-0.3, -0.25) is 4.79 Å². The number of imidazole rings is 1. The third-order valence-electron chi connectivity index (χ3n) is 6.87. The van der Waals surface area contributed by atoms with Crippen LogP contribution in [0.2, 0.25) is 0 Å². The van der Waals surface area contributed by atoms with Crippen LogP contribution in [0.5, 0.6) is 0 Å². The zero-order chi connectivity index (χ0) is 23.9. The first-order valence-corrected chi connectivity index (χ1v) is 11.8. The molecule has 3 N–H and O–H groups in total. The predicted octanol–water partition coefficient (Wildman–Crippen LogP) is 2.17. The first kappa shape index (κ1) is 21.7. The third-order valence-corrected chi connectivity index (χ3v) is 6.87. The number of aliphatic hydroxyl groups is 1. The van der Waals surface area contributed by atoms with Gasteiger partial charge in [0.1, 0.15) is 28.9 Å². The number of nitrogens with one attached hydrogen (secondary N) is 2. The normalized spacial score (nSPS) is 22.2. The van der Waals surface area contributed by atoms with E-state index in [4.69, 9.17) is 0 Å². The van der Waals surface area contributed by atoms with Crippen molar-refractivity contribution in [1.29, 1.82) is 0 Å². The molecule has 0 unspecified atom stereocenters. The molecule has 5 heterocycles. The van der Waals surface area contributed by atoms with E-state index in [1.54, 1.807) is 30.9 Å². The number of aromatic amines is 1. The van der Waals surface area contributed by atoms with E-state index in [-0.39, 0.29) is 35.6 Å². The number of rotatable bonds is 4. The minimum atomic E-state index is -0.382. The monoisotopic (exact) mass is 476 g/mol. The molecule has 0 aromatic carbocycles. The summed E-state index contributed by atoms with van der Waals surface area (Å²) < 4.78 is 15.9. The van der Waals surface area contributed by atoms with Crippen LogP contribution < -0.4 is 10.2 Å². The number of aliphatic hydroxyl groups excluding tert-OH is 1. The standard InChI is InChI=1S/C24H25FN8O2/c25-16-2-1-8-33-20(16)10-18(31-33)23-22-17(28-13-29-22)7-9-32(23)21-12-26-19(11-27-21)24(35)30-14-3-5-15(34)6-4-14/h1-2,8,10-15,23,34H,3-7,9H2,(H,28,29)(H,30,35)/t14?,15?,23-/m1/s1. The molecule has 4 aromatic heterocycles. The van der Waals surface area contributed by atoms with Gasteiger partial charge in [-0.15, -0.1) is 0 Å². The lowest BCUT2D eigenvalue weighted by Crippen LogP contribution is -2.39. The molecule has 0 radical (unpaired) electrons. The fourth-order valence-corrected chi connectivity index (χ4v) is 5.02. The van der Waals surface area contributed by atoms with Crippen LogP contribution in [0.4, 0.5) is 10.2 Å². The summed E-state index contributed by atoms with van der Waals surface area (Å²) in [6.07, 6.45) is 9.75. The minimum absolute atomic E-state index is 0.0346. The van der Waals surface area contributed by atoms with Crippen LogP contribution in [0, 0.1) is 5.82 Å². The molecule has 6 rings (SSSR count). The van der Waals surface area contributed by atoms with Gasteiger partial charge in [-0.2, -0.15) is 5.10 Å². The van der Waals surface area contributed by atoms with Gasteiger partial charge in [-0.25, -0.2) is 23.9 Å². The van der Waals surface area contributed by atoms with E-state index in [9.17, 15) is 14.3 Å². The van der Waals surface area contributed by atoms with Gasteiger partial charge in [0.2, 0.25) is 0 Å². The number of aromatic nitrogens is 6. The number of carbonyl (C=O) groups is 1. The molecule has 0 saturated heterocycles. The van der Waals surface area contributed by atoms with Crippen molar-refractivity contribution in [3.63, 3.8) is 0 Å². The Balaban J connectivity index is 1.28. The zero-order valence-corrected chi connectivity index (χ0v) is 18.9. The van der Waals surface area contributed by atoms with Crippen molar-refractivity contribution >= 4 is 17.2 Å². The van der Waals surface area contributed by atoms with Gasteiger partial charge in [0.15, 0.2) is 0 Å². The van der Waals surface area contributed by atoms with E-state index in [1.165, 1.54) is 16.8 Å². The SMILES string of the molecule is O=C(NC1CCC(O)CC1)c1cnc(N2CCc3[nH]cnc3[C@H]2c2cc3c(F)cccn3n2)cn1. The van der Waals surface area contributed by atoms with E-state index in [0.29, 0.717) is 36.4 Å². The number of pyridine rings is 1. The Morgan fingerprint density at radius 2 is 2.03 bits per heavy atom. The molecule has 180 valence electrons. The van der Waals surface area contributed by atoms with E-state index in [1.807, 2.05) is 4.90 Å². The van der Waals surface area contributed by atoms with Gasteiger partial charge < -0.3 is 20.3 Å². The second kappa shape index (κ2) is 8.73. The average Bonchev–Trinajstić information content (AvgIpc) is 3.53. The number of hydrogen-bond donors (Lipinski definition) is 3. The highest BCUT2D eigenvalue weighted by Gasteiger charge is 2.34. The summed E-state index contributed by atoms with van der Waals surface area (Å²) >= 11 is 0. The molecule has 35 heavy (non-hydrogen) atoms. The van der Waals surface area contributed by atoms with Crippen molar-refractivity contribution in [1.82, 2.24) is 34.9 Å². The topological polar surface area (TPSA) is 124 Å². The van der Waals surface area contributed by atoms with Crippen LogP contribution in [0.1, 0.15) is 59.3 Å². The van der Waals surface area contributed by atoms with Crippen LogP contribution in [0.15, 0.2) is 43.1 Å². The summed E-state index contributed by atoms with van der Waals surface area (Å²) in [6.45, 7) is 0.626. The number of anilines is 1. The highest BCUT2D eigenvalue weighted by Crippen LogP contribution is 2.35. The van der Waals surface area contributed by atoms with Gasteiger partial charge in [-0.1, -0.05) is 0 Å². The maximum absolute atomic E-state index is 14.4. The molecule has 1 atom stereocenters. The van der Waals surface area contributed by atoms with Crippen LogP contribution in [0.3, 0.4) is 0 Å². The number of amides is 1. The largest absolute Gasteiger partial charge is 0.393 e. The maximum atomic E-state index is 14.4. The minimum Gasteiger partial charge on any atom is -0.393 e. The Morgan fingerprint density at radius 1 is 1.17 bits per heavy atom. The molecule has 0 bridgehead atoms. The van der Waals surface area contributed by atoms with Crippen molar-refractivity contribution in [2.24, 2.45) is 0 Å². The Kier molecular flexibility index (Phi) is 5.40. The molecule has 1 aliphatic carbocycles. The zero-order valence-electron chi connectivity index (χ0n) is 18.9. The van der Waals surface area contributed by atoms with Gasteiger partial charge in [0, 0.05) is 30.9 Å². The number of hydrogen-bond acceptors (Lipinski definition) is 7. The number of fused-ring (bicyclic) bond motifs is 2. The second-order valence-corrected chi connectivity index (χ2v) is 9.11. The van der Waals surface area contributed by atoms with Crippen LogP contribution in [0.25, 0.3) is 5.52 Å². The van der Waals surface area contributed by atoms with Gasteiger partial charge in [-0.05, 0) is 43.9 Å². The molecular weight excluding hydrogens is 451 g/mol. The van der Waals surface area contributed by atoms with Gasteiger partial charge >= 0.3 is 0 Å². The number of nitrogens with zero attached hydrogens (tertiary/aromatic N) is 6. The van der Waals surface area contributed by atoms with Crippen LogP contribution >= 0.6 is 0 Å². The highest BCUT2D eigenvalue weighted by atomic mass is 19.1. The molecular formula is C24H25FN8O2. The smallest absolute Gasteiger partial charge is 0.271 e. The summed E-state index contributed by atoms with van der Waals surface area (Å²) in [7, 11) is 0. The van der Waals surface area contributed by atoms with Crippen molar-refractivity contribution < 1.29 is 14.3 Å². The average molecular weight is 477 g/mol. The van der Waals surface area contributed by atoms with Gasteiger partial charge in [0.05, 0.1) is 36.2 Å². The van der Waals surface area contributed by atoms with E-state index in [2.05, 4.69) is 30.4 Å². The lowest BCUT2D eigenvalue weighted by Gasteiger charge is -2.34. The van der Waals surface area contributed by atoms with Crippen molar-refractivity contribution in [2.45, 2.75) is 50.3 Å². The number of carbonyl (C=O) groups excluding carboxylic acids is 1. The van der Waals surface area contributed by atoms with Gasteiger partial charge in [0.25, 0.3) is 5.91 Å². The molecule has 2 aliphatic rings. The summed E-state index contributed by atoms with van der Waals surface area (Å²) in [6, 6.07) is 4.40. The fraction of sp³-hybridized carbons (Fsp3) is 0.375. The maximum Gasteiger partial charge on any atom is 0.271 e. The highest BCUT2D eigenvalue weighted by molar-refractivity contribution is 5.92. The van der Waals surface area contributed by atoms with Crippen molar-refractivity contribution in [2.75, 3.05) is 11.4 Å². The van der Waals surface area contributed by atoms with Crippen LogP contribution in [-0.2, 0) is 6.42 Å². The molecule has 1 saturated carbocycles. The summed E-state index contributed by atoms with van der Waals surface area (Å²) in [5.74, 6) is -0.0388. The fourth-order valence-electron chi connectivity index (χ4n) is 5.02. The number of halogens is 1. The van der Waals surface area contributed by atoms with E-state index < -0.39 is 0 Å². The first-order valence-electron chi connectivity index (χ1n) is 11.8. The van der Waals surface area contributed by atoms with E-state index >= 15 is 0 Å². The molecule has 4 aromatic rings. The van der Waals surface area contributed by atoms with Crippen molar-refractivity contribution in [3.05, 3.63) is 71.7 Å². The van der Waals surface area contributed by atoms with Crippen LogP contribution in [-0.4, -0.2) is 59.3 Å². The van der Waals surface area contributed by atoms with Crippen molar-refractivity contribution in [3.8, 4) is 0 Å². The van der Waals surface area contributed by atoms with E-state index in [0.717, 1.165) is 30.7 Å². The Morgan fingerprint density at radius 3 is 2.80 bits per heavy atom. The Labute approximate surface area is 200 Å². The third kappa shape index (κ3) is 4.01. The predicted molar refractivity (Wildman–Crippen MR) is 124 cm³/mol. The molecule has 10 nitrogen and oxygen atoms in total. The second-order valence-electron chi connectivity index (χ2n) is 9.11. The summed E-state index contributed by atoms with van der Waals surface area (Å²) in [5, 5.41) is 17.3. The molecule has 0 spiro atoms. The summed E-state index contributed by atoms with van der Waals surface area (Å²) in [5.41, 5.74) is 3.09. The lowest BCUT2D eigenvalue weighted by molar-refractivity contribution is 0.0863. The Bertz CT molecular complexity index is 1360.